The second kappa shape index (κ2) is 9.34. The van der Waals surface area contributed by atoms with Crippen LogP contribution in [0.25, 0.3) is 0 Å². The van der Waals surface area contributed by atoms with Crippen molar-refractivity contribution in [2.75, 3.05) is 32.8 Å². The number of hydrogen-bond acceptors (Lipinski definition) is 5. The molecule has 1 atom stereocenters. The number of morpholine rings is 1. The highest BCUT2D eigenvalue weighted by Gasteiger charge is 2.26. The monoisotopic (exact) mass is 423 g/mol. The third-order valence-corrected chi connectivity index (χ3v) is 5.19. The first-order valence-corrected chi connectivity index (χ1v) is 9.51. The van der Waals surface area contributed by atoms with E-state index in [1.54, 1.807) is 6.07 Å². The minimum absolute atomic E-state index is 0.0331. The maximum Gasteiger partial charge on any atom is 0.283 e. The van der Waals surface area contributed by atoms with Crippen LogP contribution >= 0.6 is 23.2 Å². The number of carbonyl (C=O) groups excluding carboxylic acids is 1. The number of ether oxygens (including phenoxy) is 1. The van der Waals surface area contributed by atoms with E-state index in [1.165, 1.54) is 18.2 Å². The molecule has 0 saturated carbocycles. The summed E-state index contributed by atoms with van der Waals surface area (Å²) in [7, 11) is 0. The Labute approximate surface area is 172 Å². The topological polar surface area (TPSA) is 84.7 Å². The second-order valence-electron chi connectivity index (χ2n) is 6.31. The molecule has 3 rings (SSSR count). The molecule has 1 aliphatic heterocycles. The number of amides is 1. The van der Waals surface area contributed by atoms with E-state index >= 15 is 0 Å². The zero-order chi connectivity index (χ0) is 20.1. The molecule has 0 bridgehead atoms. The van der Waals surface area contributed by atoms with Gasteiger partial charge in [-0.05, 0) is 23.8 Å². The van der Waals surface area contributed by atoms with Crippen LogP contribution in [-0.2, 0) is 4.74 Å². The van der Waals surface area contributed by atoms with Gasteiger partial charge in [-0.2, -0.15) is 0 Å². The maximum atomic E-state index is 12.6. The lowest BCUT2D eigenvalue weighted by Crippen LogP contribution is -2.44. The van der Waals surface area contributed by atoms with Gasteiger partial charge in [-0.1, -0.05) is 41.4 Å². The van der Waals surface area contributed by atoms with E-state index in [9.17, 15) is 14.9 Å². The van der Waals surface area contributed by atoms with E-state index in [1.807, 2.05) is 18.2 Å². The molecule has 1 unspecified atom stereocenters. The van der Waals surface area contributed by atoms with E-state index in [4.69, 9.17) is 27.9 Å². The van der Waals surface area contributed by atoms with Crippen LogP contribution < -0.4 is 5.32 Å². The first kappa shape index (κ1) is 20.5. The normalized spacial score (nSPS) is 15.8. The lowest BCUT2D eigenvalue weighted by Gasteiger charge is -2.35. The van der Waals surface area contributed by atoms with Crippen LogP contribution in [0.2, 0.25) is 10.0 Å². The van der Waals surface area contributed by atoms with Crippen molar-refractivity contribution in [3.63, 3.8) is 0 Å². The van der Waals surface area contributed by atoms with Crippen LogP contribution in [0.1, 0.15) is 22.0 Å². The van der Waals surface area contributed by atoms with Gasteiger partial charge in [-0.3, -0.25) is 19.8 Å². The first-order chi connectivity index (χ1) is 13.5. The molecule has 0 aromatic heterocycles. The molecule has 0 aliphatic carbocycles. The molecule has 2 aromatic carbocycles. The number of nitrogens with zero attached hydrogens (tertiary/aromatic N) is 2. The van der Waals surface area contributed by atoms with Crippen LogP contribution in [-0.4, -0.2) is 48.6 Å². The molecule has 1 amide bonds. The Kier molecular flexibility index (Phi) is 6.85. The number of halogens is 2. The van der Waals surface area contributed by atoms with Crippen molar-refractivity contribution in [1.82, 2.24) is 10.2 Å². The molecular weight excluding hydrogens is 405 g/mol. The van der Waals surface area contributed by atoms with E-state index in [2.05, 4.69) is 10.2 Å². The third kappa shape index (κ3) is 4.80. The van der Waals surface area contributed by atoms with Crippen molar-refractivity contribution in [2.45, 2.75) is 6.04 Å². The van der Waals surface area contributed by atoms with Crippen LogP contribution in [0.5, 0.6) is 0 Å². The number of rotatable bonds is 6. The summed E-state index contributed by atoms with van der Waals surface area (Å²) in [6, 6.07) is 11.3. The summed E-state index contributed by atoms with van der Waals surface area (Å²) in [5, 5.41) is 14.9. The number of nitro benzene ring substituents is 1. The standard InChI is InChI=1S/C19H19Cl2N3O4/c20-13-5-6-15(17(11-13)24(26)27)19(25)22-12-18(23-7-9-28-10-8-23)14-3-1-2-4-16(14)21/h1-6,11,18H,7-10,12H2,(H,22,25). The molecule has 0 spiro atoms. The highest BCUT2D eigenvalue weighted by molar-refractivity contribution is 6.31. The van der Waals surface area contributed by atoms with Crippen molar-refractivity contribution < 1.29 is 14.5 Å². The minimum atomic E-state index is -0.617. The fraction of sp³-hybridized carbons (Fsp3) is 0.316. The molecule has 1 N–H and O–H groups in total. The first-order valence-electron chi connectivity index (χ1n) is 8.75. The summed E-state index contributed by atoms with van der Waals surface area (Å²) in [6.45, 7) is 2.84. The molecule has 9 heteroatoms. The minimum Gasteiger partial charge on any atom is -0.379 e. The molecular formula is C19H19Cl2N3O4. The summed E-state index contributed by atoms with van der Waals surface area (Å²) < 4.78 is 5.41. The van der Waals surface area contributed by atoms with Gasteiger partial charge in [-0.15, -0.1) is 0 Å². The van der Waals surface area contributed by atoms with Gasteiger partial charge in [0, 0.05) is 35.7 Å². The van der Waals surface area contributed by atoms with Crippen molar-refractivity contribution >= 4 is 34.8 Å². The van der Waals surface area contributed by atoms with Crippen LogP contribution in [0, 0.1) is 10.1 Å². The number of hydrogen-bond donors (Lipinski definition) is 1. The van der Waals surface area contributed by atoms with Gasteiger partial charge in [-0.25, -0.2) is 0 Å². The van der Waals surface area contributed by atoms with Gasteiger partial charge in [0.25, 0.3) is 11.6 Å². The largest absolute Gasteiger partial charge is 0.379 e. The Balaban J connectivity index is 1.81. The van der Waals surface area contributed by atoms with Crippen molar-refractivity contribution in [3.8, 4) is 0 Å². The van der Waals surface area contributed by atoms with Crippen molar-refractivity contribution in [2.24, 2.45) is 0 Å². The second-order valence-corrected chi connectivity index (χ2v) is 7.16. The zero-order valence-corrected chi connectivity index (χ0v) is 16.4. The van der Waals surface area contributed by atoms with Gasteiger partial charge < -0.3 is 10.1 Å². The Morgan fingerprint density at radius 3 is 2.61 bits per heavy atom. The van der Waals surface area contributed by atoms with Gasteiger partial charge >= 0.3 is 0 Å². The summed E-state index contributed by atoms with van der Waals surface area (Å²) >= 11 is 12.2. The number of benzene rings is 2. The van der Waals surface area contributed by atoms with Crippen LogP contribution in [0.4, 0.5) is 5.69 Å². The zero-order valence-electron chi connectivity index (χ0n) is 14.9. The summed E-state index contributed by atoms with van der Waals surface area (Å²) in [4.78, 5) is 25.5. The van der Waals surface area contributed by atoms with E-state index < -0.39 is 10.8 Å². The summed E-state index contributed by atoms with van der Waals surface area (Å²) in [5.74, 6) is -0.534. The molecule has 1 heterocycles. The fourth-order valence-electron chi connectivity index (χ4n) is 3.20. The molecule has 1 aliphatic rings. The van der Waals surface area contributed by atoms with E-state index in [-0.39, 0.29) is 28.9 Å². The molecule has 7 nitrogen and oxygen atoms in total. The SMILES string of the molecule is O=C(NCC(c1ccccc1Cl)N1CCOCC1)c1ccc(Cl)cc1[N+](=O)[O-]. The molecule has 1 fully saturated rings. The van der Waals surface area contributed by atoms with Gasteiger partial charge in [0.05, 0.1) is 24.2 Å². The van der Waals surface area contributed by atoms with Crippen LogP contribution in [0.15, 0.2) is 42.5 Å². The Bertz CT molecular complexity index is 872. The van der Waals surface area contributed by atoms with Crippen LogP contribution in [0.3, 0.4) is 0 Å². The predicted molar refractivity (Wildman–Crippen MR) is 107 cm³/mol. The summed E-state index contributed by atoms with van der Waals surface area (Å²) in [5.41, 5.74) is 0.525. The average Bonchev–Trinajstić information content (AvgIpc) is 2.70. The van der Waals surface area contributed by atoms with E-state index in [0.29, 0.717) is 31.3 Å². The summed E-state index contributed by atoms with van der Waals surface area (Å²) in [6.07, 6.45) is 0. The lowest BCUT2D eigenvalue weighted by molar-refractivity contribution is -0.385. The number of nitro groups is 1. The molecule has 0 radical (unpaired) electrons. The Morgan fingerprint density at radius 1 is 1.21 bits per heavy atom. The number of nitrogens with one attached hydrogen (secondary N) is 1. The Morgan fingerprint density at radius 2 is 1.93 bits per heavy atom. The quantitative estimate of drug-likeness (QED) is 0.565. The number of carbonyl (C=O) groups is 1. The highest BCUT2D eigenvalue weighted by atomic mass is 35.5. The predicted octanol–water partition coefficient (Wildman–Crippen LogP) is 3.70. The van der Waals surface area contributed by atoms with E-state index in [0.717, 1.165) is 5.56 Å². The maximum absolute atomic E-state index is 12.6. The molecule has 1 saturated heterocycles. The Hall–Kier alpha value is -2.19. The average molecular weight is 424 g/mol. The molecule has 28 heavy (non-hydrogen) atoms. The smallest absolute Gasteiger partial charge is 0.283 e. The van der Waals surface area contributed by atoms with Gasteiger partial charge in [0.2, 0.25) is 0 Å². The fourth-order valence-corrected chi connectivity index (χ4v) is 3.63. The third-order valence-electron chi connectivity index (χ3n) is 4.61. The molecule has 148 valence electrons. The molecule has 2 aromatic rings. The highest BCUT2D eigenvalue weighted by Crippen LogP contribution is 2.28. The van der Waals surface area contributed by atoms with Gasteiger partial charge in [0.1, 0.15) is 5.56 Å². The van der Waals surface area contributed by atoms with Crippen molar-refractivity contribution in [1.29, 1.82) is 0 Å². The lowest BCUT2D eigenvalue weighted by atomic mass is 10.0. The van der Waals surface area contributed by atoms with Crippen molar-refractivity contribution in [3.05, 3.63) is 73.8 Å². The van der Waals surface area contributed by atoms with Gasteiger partial charge in [0.15, 0.2) is 0 Å².